The third kappa shape index (κ3) is 2.79. The minimum absolute atomic E-state index is 0.131. The Balaban J connectivity index is 1.76. The summed E-state index contributed by atoms with van der Waals surface area (Å²) in [5, 5.41) is 0. The van der Waals surface area contributed by atoms with Crippen LogP contribution in [0.15, 0.2) is 53.5 Å². The van der Waals surface area contributed by atoms with E-state index in [-0.39, 0.29) is 12.1 Å². The molecule has 2 aromatic rings. The van der Waals surface area contributed by atoms with Gasteiger partial charge < -0.3 is 9.30 Å². The molecule has 108 valence electrons. The zero-order chi connectivity index (χ0) is 14.8. The minimum Gasteiger partial charge on any atom is -0.442 e. The second kappa shape index (κ2) is 5.40. The number of rotatable bonds is 3. The summed E-state index contributed by atoms with van der Waals surface area (Å²) in [4.78, 5) is 25.0. The SMILES string of the molecule is O=C1OC(Cn2cc(F)ccc2=O)CN1c1ccccc1. The number of amides is 1. The largest absolute Gasteiger partial charge is 0.442 e. The van der Waals surface area contributed by atoms with E-state index in [0.29, 0.717) is 6.54 Å². The highest BCUT2D eigenvalue weighted by molar-refractivity contribution is 5.89. The number of anilines is 1. The van der Waals surface area contributed by atoms with E-state index in [1.54, 1.807) is 12.1 Å². The Hall–Kier alpha value is -2.63. The number of benzene rings is 1. The lowest BCUT2D eigenvalue weighted by molar-refractivity contribution is 0.131. The topological polar surface area (TPSA) is 51.5 Å². The molecule has 0 spiro atoms. The second-order valence-corrected chi connectivity index (χ2v) is 4.79. The normalized spacial score (nSPS) is 17.9. The molecule has 1 atom stereocenters. The first kappa shape index (κ1) is 13.4. The molecule has 1 aliphatic heterocycles. The van der Waals surface area contributed by atoms with Crippen molar-refractivity contribution >= 4 is 11.8 Å². The molecule has 5 nitrogen and oxygen atoms in total. The predicted molar refractivity (Wildman–Crippen MR) is 74.7 cm³/mol. The van der Waals surface area contributed by atoms with Gasteiger partial charge in [0.05, 0.1) is 13.1 Å². The van der Waals surface area contributed by atoms with Gasteiger partial charge in [-0.25, -0.2) is 9.18 Å². The summed E-state index contributed by atoms with van der Waals surface area (Å²) < 4.78 is 19.6. The van der Waals surface area contributed by atoms with Gasteiger partial charge in [0.2, 0.25) is 0 Å². The van der Waals surface area contributed by atoms with Gasteiger partial charge >= 0.3 is 6.09 Å². The summed E-state index contributed by atoms with van der Waals surface area (Å²) in [6.45, 7) is 0.456. The third-order valence-electron chi connectivity index (χ3n) is 3.29. The second-order valence-electron chi connectivity index (χ2n) is 4.79. The molecule has 1 unspecified atom stereocenters. The molecule has 1 aliphatic rings. The number of nitrogens with zero attached hydrogens (tertiary/aromatic N) is 2. The maximum Gasteiger partial charge on any atom is 0.414 e. The van der Waals surface area contributed by atoms with E-state index < -0.39 is 18.0 Å². The van der Waals surface area contributed by atoms with E-state index in [1.807, 2.05) is 18.2 Å². The Labute approximate surface area is 120 Å². The molecular weight excluding hydrogens is 275 g/mol. The van der Waals surface area contributed by atoms with Gasteiger partial charge in [-0.3, -0.25) is 9.69 Å². The molecule has 6 heteroatoms. The monoisotopic (exact) mass is 288 g/mol. The first-order chi connectivity index (χ1) is 10.1. The summed E-state index contributed by atoms with van der Waals surface area (Å²) in [7, 11) is 0. The van der Waals surface area contributed by atoms with Crippen LogP contribution >= 0.6 is 0 Å². The molecular formula is C15H13FN2O3. The van der Waals surface area contributed by atoms with Gasteiger partial charge in [-0.1, -0.05) is 18.2 Å². The number of carbonyl (C=O) groups excluding carboxylic acids is 1. The first-order valence-electron chi connectivity index (χ1n) is 6.53. The highest BCUT2D eigenvalue weighted by Crippen LogP contribution is 2.21. The molecule has 1 aromatic heterocycles. The zero-order valence-electron chi connectivity index (χ0n) is 11.1. The van der Waals surface area contributed by atoms with E-state index in [1.165, 1.54) is 9.47 Å². The summed E-state index contributed by atoms with van der Waals surface area (Å²) in [6.07, 6.45) is 0.161. The van der Waals surface area contributed by atoms with E-state index in [9.17, 15) is 14.0 Å². The van der Waals surface area contributed by atoms with Crippen LogP contribution in [-0.2, 0) is 11.3 Å². The van der Waals surface area contributed by atoms with Gasteiger partial charge in [0.25, 0.3) is 5.56 Å². The molecule has 0 saturated carbocycles. The molecule has 21 heavy (non-hydrogen) atoms. The molecule has 1 aromatic carbocycles. The number of cyclic esters (lactones) is 1. The lowest BCUT2D eigenvalue weighted by atomic mass is 10.2. The van der Waals surface area contributed by atoms with Crippen LogP contribution in [0.5, 0.6) is 0 Å². The number of carbonyl (C=O) groups is 1. The molecule has 1 fully saturated rings. The van der Waals surface area contributed by atoms with Crippen LogP contribution < -0.4 is 10.5 Å². The van der Waals surface area contributed by atoms with Gasteiger partial charge in [0, 0.05) is 18.0 Å². The van der Waals surface area contributed by atoms with Crippen LogP contribution in [0.1, 0.15) is 0 Å². The summed E-state index contributed by atoms with van der Waals surface area (Å²) in [5.41, 5.74) is 0.405. The van der Waals surface area contributed by atoms with Crippen LogP contribution in [-0.4, -0.2) is 23.3 Å². The quantitative estimate of drug-likeness (QED) is 0.868. The Morgan fingerprint density at radius 1 is 1.14 bits per heavy atom. The molecule has 0 N–H and O–H groups in total. The van der Waals surface area contributed by atoms with Crippen molar-refractivity contribution in [1.29, 1.82) is 0 Å². The summed E-state index contributed by atoms with van der Waals surface area (Å²) in [5.74, 6) is -0.501. The standard InChI is InChI=1S/C15H13FN2O3/c16-11-6-7-14(19)17(8-11)9-13-10-18(15(20)21-13)12-4-2-1-3-5-12/h1-8,13H,9-10H2. The summed E-state index contributed by atoms with van der Waals surface area (Å²) in [6, 6.07) is 11.4. The van der Waals surface area contributed by atoms with Gasteiger partial charge in [-0.05, 0) is 18.2 Å². The van der Waals surface area contributed by atoms with Crippen LogP contribution in [0.4, 0.5) is 14.9 Å². The molecule has 0 radical (unpaired) electrons. The fraction of sp³-hybridized carbons (Fsp3) is 0.200. The first-order valence-corrected chi connectivity index (χ1v) is 6.53. The number of hydrogen-bond donors (Lipinski definition) is 0. The highest BCUT2D eigenvalue weighted by Gasteiger charge is 2.32. The Bertz CT molecular complexity index is 714. The smallest absolute Gasteiger partial charge is 0.414 e. The van der Waals surface area contributed by atoms with Crippen molar-refractivity contribution in [2.45, 2.75) is 12.6 Å². The number of aromatic nitrogens is 1. The van der Waals surface area contributed by atoms with Crippen molar-refractivity contribution < 1.29 is 13.9 Å². The van der Waals surface area contributed by atoms with Gasteiger partial charge in [-0.2, -0.15) is 0 Å². The number of hydrogen-bond acceptors (Lipinski definition) is 3. The van der Waals surface area contributed by atoms with Crippen LogP contribution in [0, 0.1) is 5.82 Å². The average Bonchev–Trinajstić information content (AvgIpc) is 2.84. The third-order valence-corrected chi connectivity index (χ3v) is 3.29. The van der Waals surface area contributed by atoms with E-state index in [4.69, 9.17) is 4.74 Å². The predicted octanol–water partition coefficient (Wildman–Crippen LogP) is 2.01. The van der Waals surface area contributed by atoms with Crippen LogP contribution in [0.25, 0.3) is 0 Å². The van der Waals surface area contributed by atoms with Gasteiger partial charge in [-0.15, -0.1) is 0 Å². The maximum atomic E-state index is 13.2. The highest BCUT2D eigenvalue weighted by atomic mass is 19.1. The van der Waals surface area contributed by atoms with E-state index in [2.05, 4.69) is 0 Å². The zero-order valence-corrected chi connectivity index (χ0v) is 11.1. The Morgan fingerprint density at radius 2 is 1.90 bits per heavy atom. The van der Waals surface area contributed by atoms with Crippen molar-refractivity contribution in [3.8, 4) is 0 Å². The Kier molecular flexibility index (Phi) is 3.43. The van der Waals surface area contributed by atoms with Gasteiger partial charge in [0.1, 0.15) is 11.9 Å². The lowest BCUT2D eigenvalue weighted by Gasteiger charge is -2.13. The molecule has 0 bridgehead atoms. The fourth-order valence-electron chi connectivity index (χ4n) is 2.30. The van der Waals surface area contributed by atoms with Crippen molar-refractivity contribution in [3.05, 3.63) is 64.8 Å². The van der Waals surface area contributed by atoms with Crippen molar-refractivity contribution in [2.75, 3.05) is 11.4 Å². The molecule has 0 aliphatic carbocycles. The van der Waals surface area contributed by atoms with Crippen LogP contribution in [0.2, 0.25) is 0 Å². The number of ether oxygens (including phenoxy) is 1. The molecule has 1 saturated heterocycles. The minimum atomic E-state index is -0.501. The molecule has 1 amide bonds. The van der Waals surface area contributed by atoms with Crippen molar-refractivity contribution in [2.24, 2.45) is 0 Å². The number of pyridine rings is 1. The van der Waals surface area contributed by atoms with Crippen molar-refractivity contribution in [1.82, 2.24) is 4.57 Å². The average molecular weight is 288 g/mol. The lowest BCUT2D eigenvalue weighted by Crippen LogP contribution is -2.29. The molecule has 3 rings (SSSR count). The van der Waals surface area contributed by atoms with Gasteiger partial charge in [0.15, 0.2) is 0 Å². The fourth-order valence-corrected chi connectivity index (χ4v) is 2.30. The molecule has 2 heterocycles. The number of halogens is 1. The van der Waals surface area contributed by atoms with Crippen LogP contribution in [0.3, 0.4) is 0 Å². The van der Waals surface area contributed by atoms with E-state index in [0.717, 1.165) is 24.0 Å². The number of para-hydroxylation sites is 1. The van der Waals surface area contributed by atoms with E-state index >= 15 is 0 Å². The maximum absolute atomic E-state index is 13.2. The summed E-state index contributed by atoms with van der Waals surface area (Å²) >= 11 is 0. The van der Waals surface area contributed by atoms with Crippen molar-refractivity contribution in [3.63, 3.8) is 0 Å². The Morgan fingerprint density at radius 3 is 2.67 bits per heavy atom.